The first-order chi connectivity index (χ1) is 8.70. The van der Waals surface area contributed by atoms with Crippen molar-refractivity contribution < 1.29 is 14.0 Å². The standard InChI is InChI=1S/C11H8FN3O2S/c12-8-2-1-3-13-9(8)4-14-10(17)11-15-7(5-16)6-18-11/h1-3,5-6H,4H2,(H,14,17). The molecule has 1 N–H and O–H groups in total. The predicted molar refractivity (Wildman–Crippen MR) is 62.9 cm³/mol. The average molecular weight is 265 g/mol. The highest BCUT2D eigenvalue weighted by molar-refractivity contribution is 7.11. The molecule has 0 aliphatic rings. The molecule has 0 fully saturated rings. The van der Waals surface area contributed by atoms with Crippen molar-refractivity contribution in [3.05, 3.63) is 45.9 Å². The molecule has 7 heteroatoms. The molecule has 0 aromatic carbocycles. The second-order valence-corrected chi connectivity index (χ2v) is 4.17. The van der Waals surface area contributed by atoms with E-state index in [9.17, 15) is 14.0 Å². The van der Waals surface area contributed by atoms with E-state index in [-0.39, 0.29) is 22.9 Å². The summed E-state index contributed by atoms with van der Waals surface area (Å²) in [6.07, 6.45) is 2.00. The van der Waals surface area contributed by atoms with Crippen LogP contribution in [0, 0.1) is 5.82 Å². The number of pyridine rings is 1. The van der Waals surface area contributed by atoms with E-state index in [1.54, 1.807) is 0 Å². The fourth-order valence-electron chi connectivity index (χ4n) is 1.23. The highest BCUT2D eigenvalue weighted by Crippen LogP contribution is 2.08. The molecule has 2 heterocycles. The minimum Gasteiger partial charge on any atom is -0.344 e. The number of rotatable bonds is 4. The number of halogens is 1. The average Bonchev–Trinajstić information content (AvgIpc) is 2.86. The maximum atomic E-state index is 13.2. The zero-order valence-electron chi connectivity index (χ0n) is 9.09. The van der Waals surface area contributed by atoms with Crippen molar-refractivity contribution >= 4 is 23.5 Å². The second kappa shape index (κ2) is 5.46. The molecular formula is C11H8FN3O2S. The van der Waals surface area contributed by atoms with E-state index in [0.29, 0.717) is 6.29 Å². The maximum Gasteiger partial charge on any atom is 0.280 e. The van der Waals surface area contributed by atoms with Gasteiger partial charge in [-0.2, -0.15) is 0 Å². The van der Waals surface area contributed by atoms with Gasteiger partial charge in [-0.25, -0.2) is 9.37 Å². The lowest BCUT2D eigenvalue weighted by molar-refractivity contribution is 0.0949. The molecule has 1 amide bonds. The van der Waals surface area contributed by atoms with Crippen LogP contribution in [-0.2, 0) is 6.54 Å². The number of hydrogen-bond donors (Lipinski definition) is 1. The molecule has 2 aromatic rings. The van der Waals surface area contributed by atoms with E-state index in [0.717, 1.165) is 11.3 Å². The molecule has 18 heavy (non-hydrogen) atoms. The van der Waals surface area contributed by atoms with Gasteiger partial charge in [0.1, 0.15) is 11.5 Å². The lowest BCUT2D eigenvalue weighted by Crippen LogP contribution is -2.23. The van der Waals surface area contributed by atoms with Gasteiger partial charge < -0.3 is 5.32 Å². The maximum absolute atomic E-state index is 13.2. The quantitative estimate of drug-likeness (QED) is 0.849. The van der Waals surface area contributed by atoms with Crippen LogP contribution in [0.5, 0.6) is 0 Å². The van der Waals surface area contributed by atoms with Crippen LogP contribution in [0.25, 0.3) is 0 Å². The first-order valence-electron chi connectivity index (χ1n) is 4.99. The van der Waals surface area contributed by atoms with Crippen molar-refractivity contribution in [2.24, 2.45) is 0 Å². The van der Waals surface area contributed by atoms with E-state index in [2.05, 4.69) is 15.3 Å². The Morgan fingerprint density at radius 2 is 2.39 bits per heavy atom. The number of amides is 1. The molecule has 5 nitrogen and oxygen atoms in total. The Bertz CT molecular complexity index is 585. The van der Waals surface area contributed by atoms with Gasteiger partial charge in [0.2, 0.25) is 0 Å². The highest BCUT2D eigenvalue weighted by Gasteiger charge is 2.11. The number of nitrogens with one attached hydrogen (secondary N) is 1. The number of carbonyl (C=O) groups excluding carboxylic acids is 2. The van der Waals surface area contributed by atoms with Gasteiger partial charge in [-0.15, -0.1) is 11.3 Å². The number of thiazole rings is 1. The summed E-state index contributed by atoms with van der Waals surface area (Å²) in [5, 5.41) is 4.12. The summed E-state index contributed by atoms with van der Waals surface area (Å²) >= 11 is 1.05. The lowest BCUT2D eigenvalue weighted by atomic mass is 10.3. The molecule has 0 bridgehead atoms. The Labute approximate surface area is 106 Å². The van der Waals surface area contributed by atoms with E-state index >= 15 is 0 Å². The van der Waals surface area contributed by atoms with Crippen LogP contribution >= 0.6 is 11.3 Å². The number of aldehydes is 1. The minimum atomic E-state index is -0.481. The molecule has 0 aliphatic heterocycles. The lowest BCUT2D eigenvalue weighted by Gasteiger charge is -2.03. The third-order valence-electron chi connectivity index (χ3n) is 2.09. The highest BCUT2D eigenvalue weighted by atomic mass is 32.1. The summed E-state index contributed by atoms with van der Waals surface area (Å²) in [6, 6.07) is 2.74. The molecule has 0 atom stereocenters. The number of hydrogen-bond acceptors (Lipinski definition) is 5. The Hall–Kier alpha value is -2.15. The van der Waals surface area contributed by atoms with Crippen LogP contribution in [0.15, 0.2) is 23.7 Å². The summed E-state index contributed by atoms with van der Waals surface area (Å²) in [5.74, 6) is -0.941. The van der Waals surface area contributed by atoms with Gasteiger partial charge in [-0.1, -0.05) is 0 Å². The number of aromatic nitrogens is 2. The molecule has 0 aliphatic carbocycles. The van der Waals surface area contributed by atoms with Crippen LogP contribution in [0.2, 0.25) is 0 Å². The topological polar surface area (TPSA) is 72.0 Å². The monoisotopic (exact) mass is 265 g/mol. The summed E-state index contributed by atoms with van der Waals surface area (Å²) < 4.78 is 13.2. The van der Waals surface area contributed by atoms with Gasteiger partial charge in [0.05, 0.1) is 12.2 Å². The van der Waals surface area contributed by atoms with Crippen LogP contribution in [0.3, 0.4) is 0 Å². The number of nitrogens with zero attached hydrogens (tertiary/aromatic N) is 2. The summed E-state index contributed by atoms with van der Waals surface area (Å²) in [5.41, 5.74) is 0.354. The molecular weight excluding hydrogens is 257 g/mol. The third kappa shape index (κ3) is 2.75. The Morgan fingerprint density at radius 3 is 3.06 bits per heavy atom. The Morgan fingerprint density at radius 1 is 1.56 bits per heavy atom. The van der Waals surface area contributed by atoms with Gasteiger partial charge >= 0.3 is 0 Å². The number of carbonyl (C=O) groups is 2. The van der Waals surface area contributed by atoms with Crippen molar-refractivity contribution in [1.82, 2.24) is 15.3 Å². The van der Waals surface area contributed by atoms with Crippen LogP contribution in [0.1, 0.15) is 26.0 Å². The zero-order valence-corrected chi connectivity index (χ0v) is 9.91. The van der Waals surface area contributed by atoms with E-state index in [1.807, 2.05) is 0 Å². The first kappa shape index (κ1) is 12.3. The van der Waals surface area contributed by atoms with Gasteiger partial charge in [0.25, 0.3) is 5.91 Å². The zero-order chi connectivity index (χ0) is 13.0. The summed E-state index contributed by atoms with van der Waals surface area (Å²) in [7, 11) is 0. The van der Waals surface area contributed by atoms with Crippen molar-refractivity contribution in [1.29, 1.82) is 0 Å². The molecule has 2 rings (SSSR count). The summed E-state index contributed by atoms with van der Waals surface area (Å²) in [6.45, 7) is -0.0263. The SMILES string of the molecule is O=Cc1csc(C(=O)NCc2ncccc2F)n1. The normalized spacial score (nSPS) is 10.1. The molecule has 2 aromatic heterocycles. The van der Waals surface area contributed by atoms with E-state index < -0.39 is 11.7 Å². The Balaban J connectivity index is 2.00. The van der Waals surface area contributed by atoms with Gasteiger partial charge in [0, 0.05) is 11.6 Å². The predicted octanol–water partition coefficient (Wildman–Crippen LogP) is 1.42. The first-order valence-corrected chi connectivity index (χ1v) is 5.87. The fourth-order valence-corrected chi connectivity index (χ4v) is 1.91. The smallest absolute Gasteiger partial charge is 0.280 e. The van der Waals surface area contributed by atoms with Crippen molar-refractivity contribution in [3.8, 4) is 0 Å². The summed E-state index contributed by atoms with van der Waals surface area (Å²) in [4.78, 5) is 29.6. The van der Waals surface area contributed by atoms with Crippen LogP contribution in [0.4, 0.5) is 4.39 Å². The van der Waals surface area contributed by atoms with Crippen LogP contribution in [-0.4, -0.2) is 22.2 Å². The van der Waals surface area contributed by atoms with Crippen molar-refractivity contribution in [2.75, 3.05) is 0 Å². The van der Waals surface area contributed by atoms with Crippen molar-refractivity contribution in [3.63, 3.8) is 0 Å². The molecule has 0 spiro atoms. The minimum absolute atomic E-state index is 0.0263. The van der Waals surface area contributed by atoms with Gasteiger partial charge in [-0.05, 0) is 12.1 Å². The van der Waals surface area contributed by atoms with Gasteiger partial charge in [-0.3, -0.25) is 14.6 Å². The largest absolute Gasteiger partial charge is 0.344 e. The molecule has 0 radical (unpaired) electrons. The van der Waals surface area contributed by atoms with Gasteiger partial charge in [0.15, 0.2) is 11.3 Å². The van der Waals surface area contributed by atoms with Crippen molar-refractivity contribution in [2.45, 2.75) is 6.54 Å². The van der Waals surface area contributed by atoms with E-state index in [1.165, 1.54) is 23.7 Å². The fraction of sp³-hybridized carbons (Fsp3) is 0.0909. The second-order valence-electron chi connectivity index (χ2n) is 3.31. The third-order valence-corrected chi connectivity index (χ3v) is 2.95. The molecule has 92 valence electrons. The molecule has 0 unspecified atom stereocenters. The Kier molecular flexibility index (Phi) is 3.73. The molecule has 0 saturated carbocycles. The van der Waals surface area contributed by atoms with E-state index in [4.69, 9.17) is 0 Å². The van der Waals surface area contributed by atoms with Crippen LogP contribution < -0.4 is 5.32 Å². The molecule has 0 saturated heterocycles.